The molecule has 0 bridgehead atoms. The highest BCUT2D eigenvalue weighted by Crippen LogP contribution is 2.47. The summed E-state index contributed by atoms with van der Waals surface area (Å²) in [5.41, 5.74) is 2.45. The molecule has 1 aliphatic rings. The summed E-state index contributed by atoms with van der Waals surface area (Å²) in [6.07, 6.45) is 3.92. The number of aromatic hydroxyl groups is 1. The van der Waals surface area contributed by atoms with Crippen molar-refractivity contribution in [3.05, 3.63) is 71.2 Å². The third-order valence-electron chi connectivity index (χ3n) is 6.26. The number of furan rings is 1. The molecule has 2 aromatic heterocycles. The Morgan fingerprint density at radius 2 is 1.88 bits per heavy atom. The van der Waals surface area contributed by atoms with Gasteiger partial charge in [0.1, 0.15) is 22.7 Å². The number of nitrogens with zero attached hydrogens (tertiary/aromatic N) is 2. The van der Waals surface area contributed by atoms with Crippen LogP contribution in [0.3, 0.4) is 0 Å². The number of carbonyl (C=O) groups is 1. The van der Waals surface area contributed by atoms with Crippen molar-refractivity contribution in [2.45, 2.75) is 32.7 Å². The summed E-state index contributed by atoms with van der Waals surface area (Å²) in [5, 5.41) is 13.7. The van der Waals surface area contributed by atoms with E-state index in [1.54, 1.807) is 20.0 Å². The number of aryl methyl sites for hydroxylation is 1. The minimum atomic E-state index is -0.444. The van der Waals surface area contributed by atoms with E-state index in [2.05, 4.69) is 9.88 Å². The molecule has 0 spiro atoms. The Balaban J connectivity index is 1.91. The van der Waals surface area contributed by atoms with Crippen molar-refractivity contribution in [3.63, 3.8) is 0 Å². The van der Waals surface area contributed by atoms with Gasteiger partial charge in [0.25, 0.3) is 0 Å². The number of aromatic nitrogens is 1. The number of rotatable bonds is 5. The lowest BCUT2D eigenvalue weighted by molar-refractivity contribution is 0.0526. The maximum absolute atomic E-state index is 13.0. The molecule has 5 rings (SSSR count). The van der Waals surface area contributed by atoms with Crippen LogP contribution < -0.4 is 0 Å². The largest absolute Gasteiger partial charge is 0.507 e. The molecule has 0 unspecified atom stereocenters. The smallest absolute Gasteiger partial charge is 0.342 e. The highest BCUT2D eigenvalue weighted by molar-refractivity contribution is 6.16. The zero-order valence-corrected chi connectivity index (χ0v) is 18.3. The fraction of sp³-hybridized carbons (Fsp3) is 0.308. The maximum Gasteiger partial charge on any atom is 0.342 e. The van der Waals surface area contributed by atoms with Crippen LogP contribution in [0.25, 0.3) is 21.7 Å². The van der Waals surface area contributed by atoms with E-state index in [1.165, 1.54) is 0 Å². The molecule has 32 heavy (non-hydrogen) atoms. The minimum Gasteiger partial charge on any atom is -0.507 e. The minimum absolute atomic E-state index is 0.155. The topological polar surface area (TPSA) is 75.8 Å². The van der Waals surface area contributed by atoms with Gasteiger partial charge in [-0.3, -0.25) is 9.88 Å². The molecule has 3 heterocycles. The van der Waals surface area contributed by atoms with Crippen LogP contribution in [0.2, 0.25) is 0 Å². The molecule has 0 amide bonds. The van der Waals surface area contributed by atoms with Gasteiger partial charge < -0.3 is 14.3 Å². The van der Waals surface area contributed by atoms with Crippen molar-refractivity contribution in [2.24, 2.45) is 0 Å². The van der Waals surface area contributed by atoms with Gasteiger partial charge in [-0.05, 0) is 51.9 Å². The summed E-state index contributed by atoms with van der Waals surface area (Å²) >= 11 is 0. The van der Waals surface area contributed by atoms with Gasteiger partial charge in [0, 0.05) is 27.9 Å². The van der Waals surface area contributed by atoms with E-state index in [0.29, 0.717) is 33.2 Å². The summed E-state index contributed by atoms with van der Waals surface area (Å²) < 4.78 is 11.6. The van der Waals surface area contributed by atoms with Crippen LogP contribution in [0.5, 0.6) is 5.75 Å². The Bertz CT molecular complexity index is 1290. The molecule has 0 radical (unpaired) electrons. The van der Waals surface area contributed by atoms with Gasteiger partial charge in [0.2, 0.25) is 0 Å². The van der Waals surface area contributed by atoms with Gasteiger partial charge >= 0.3 is 5.97 Å². The zero-order chi connectivity index (χ0) is 22.2. The first-order valence-corrected chi connectivity index (χ1v) is 11.1. The molecule has 0 saturated carbocycles. The van der Waals surface area contributed by atoms with E-state index in [1.807, 2.05) is 42.5 Å². The number of pyridine rings is 1. The standard InChI is InChI=1S/C26H26N2O4/c1-3-31-26(30)20-16(2)32-25-18-11-5-4-10-17(18)24(29)22(21(20)25)23(28-14-8-9-15-28)19-12-6-7-13-27-19/h4-7,10-13,23,29H,3,8-9,14-15H2,1-2H3/t23-/m1/s1. The number of esters is 1. The molecule has 6 nitrogen and oxygen atoms in total. The van der Waals surface area contributed by atoms with E-state index in [-0.39, 0.29) is 18.4 Å². The molecule has 0 aliphatic carbocycles. The van der Waals surface area contributed by atoms with Gasteiger partial charge in [0.05, 0.1) is 18.3 Å². The fourth-order valence-electron chi connectivity index (χ4n) is 4.91. The third kappa shape index (κ3) is 3.22. The van der Waals surface area contributed by atoms with Crippen molar-refractivity contribution < 1.29 is 19.1 Å². The average molecular weight is 431 g/mol. The van der Waals surface area contributed by atoms with Crippen LogP contribution in [0.4, 0.5) is 0 Å². The fourth-order valence-corrected chi connectivity index (χ4v) is 4.91. The average Bonchev–Trinajstić information content (AvgIpc) is 3.45. The second kappa shape index (κ2) is 8.28. The van der Waals surface area contributed by atoms with Gasteiger partial charge in [-0.25, -0.2) is 4.79 Å². The number of carbonyl (C=O) groups excluding carboxylic acids is 1. The Morgan fingerprint density at radius 1 is 1.16 bits per heavy atom. The highest BCUT2D eigenvalue weighted by Gasteiger charge is 2.35. The lowest BCUT2D eigenvalue weighted by Gasteiger charge is -2.29. The SMILES string of the molecule is CCOC(=O)c1c(C)oc2c1c([C@@H](c1ccccn1)N1CCCC1)c(O)c1ccccc12. The summed E-state index contributed by atoms with van der Waals surface area (Å²) in [7, 11) is 0. The molecular weight excluding hydrogens is 404 g/mol. The molecule has 1 saturated heterocycles. The Labute approximate surface area is 186 Å². The van der Waals surface area contributed by atoms with Gasteiger partial charge in [-0.15, -0.1) is 0 Å². The van der Waals surface area contributed by atoms with Crippen LogP contribution >= 0.6 is 0 Å². The van der Waals surface area contributed by atoms with Crippen molar-refractivity contribution in [1.82, 2.24) is 9.88 Å². The molecule has 1 fully saturated rings. The van der Waals surface area contributed by atoms with E-state index < -0.39 is 5.97 Å². The molecule has 6 heteroatoms. The van der Waals surface area contributed by atoms with Gasteiger partial charge in [-0.2, -0.15) is 0 Å². The number of ether oxygens (including phenoxy) is 1. The first-order valence-electron chi connectivity index (χ1n) is 11.1. The molecule has 2 aromatic carbocycles. The Morgan fingerprint density at radius 3 is 2.56 bits per heavy atom. The predicted molar refractivity (Wildman–Crippen MR) is 123 cm³/mol. The second-order valence-electron chi connectivity index (χ2n) is 8.17. The second-order valence-corrected chi connectivity index (χ2v) is 8.17. The van der Waals surface area contributed by atoms with E-state index in [4.69, 9.17) is 9.15 Å². The third-order valence-corrected chi connectivity index (χ3v) is 6.26. The van der Waals surface area contributed by atoms with Crippen molar-refractivity contribution in [2.75, 3.05) is 19.7 Å². The normalized spacial score (nSPS) is 15.4. The van der Waals surface area contributed by atoms with Gasteiger partial charge in [0.15, 0.2) is 0 Å². The maximum atomic E-state index is 13.0. The van der Waals surface area contributed by atoms with Crippen LogP contribution in [-0.2, 0) is 4.74 Å². The monoisotopic (exact) mass is 430 g/mol. The van der Waals surface area contributed by atoms with Gasteiger partial charge in [-0.1, -0.05) is 30.3 Å². The van der Waals surface area contributed by atoms with Crippen LogP contribution in [0, 0.1) is 6.92 Å². The Kier molecular flexibility index (Phi) is 5.31. The molecular formula is C26H26N2O4. The first-order chi connectivity index (χ1) is 15.6. The van der Waals surface area contributed by atoms with E-state index >= 15 is 0 Å². The predicted octanol–water partition coefficient (Wildman–Crippen LogP) is 5.36. The number of benzene rings is 2. The lowest BCUT2D eigenvalue weighted by Crippen LogP contribution is -2.27. The molecule has 4 aromatic rings. The van der Waals surface area contributed by atoms with E-state index in [9.17, 15) is 9.90 Å². The number of likely N-dealkylation sites (tertiary alicyclic amines) is 1. The molecule has 164 valence electrons. The van der Waals surface area contributed by atoms with Crippen LogP contribution in [-0.4, -0.2) is 40.7 Å². The summed E-state index contributed by atoms with van der Waals surface area (Å²) in [5.74, 6) is 0.194. The number of hydrogen-bond acceptors (Lipinski definition) is 6. The lowest BCUT2D eigenvalue weighted by atomic mass is 9.91. The van der Waals surface area contributed by atoms with Crippen molar-refractivity contribution in [1.29, 1.82) is 0 Å². The number of phenols is 1. The van der Waals surface area contributed by atoms with E-state index in [0.717, 1.165) is 37.0 Å². The van der Waals surface area contributed by atoms with Crippen LogP contribution in [0.15, 0.2) is 53.1 Å². The summed E-state index contributed by atoms with van der Waals surface area (Å²) in [4.78, 5) is 20.0. The Hall–Kier alpha value is -3.38. The highest BCUT2D eigenvalue weighted by atomic mass is 16.5. The molecule has 1 atom stereocenters. The molecule has 1 N–H and O–H groups in total. The van der Waals surface area contributed by atoms with Crippen molar-refractivity contribution in [3.8, 4) is 5.75 Å². The summed E-state index contributed by atoms with van der Waals surface area (Å²) in [6, 6.07) is 13.1. The number of fused-ring (bicyclic) bond motifs is 3. The van der Waals surface area contributed by atoms with Crippen molar-refractivity contribution >= 4 is 27.7 Å². The zero-order valence-electron chi connectivity index (χ0n) is 18.3. The molecule has 1 aliphatic heterocycles. The number of phenolic OH excluding ortho intramolecular Hbond substituents is 1. The van der Waals surface area contributed by atoms with Crippen LogP contribution in [0.1, 0.15) is 53.2 Å². The quantitative estimate of drug-likeness (QED) is 0.430. The number of hydrogen-bond donors (Lipinski definition) is 1. The first kappa shape index (κ1) is 20.5. The summed E-state index contributed by atoms with van der Waals surface area (Å²) in [6.45, 7) is 5.59.